The van der Waals surface area contributed by atoms with Crippen LogP contribution in [0.5, 0.6) is 11.5 Å². The third-order valence-electron chi connectivity index (χ3n) is 3.02. The molecule has 0 aliphatic rings. The van der Waals surface area contributed by atoms with Gasteiger partial charge in [-0.2, -0.15) is 0 Å². The predicted molar refractivity (Wildman–Crippen MR) is 90.6 cm³/mol. The highest BCUT2D eigenvalue weighted by Gasteiger charge is 2.14. The maximum absolute atomic E-state index is 12.3. The molecule has 2 aromatic rings. The van der Waals surface area contributed by atoms with Gasteiger partial charge in [0.25, 0.3) is 10.0 Å². The number of sulfonamides is 1. The monoisotopic (exact) mass is 335 g/mol. The van der Waals surface area contributed by atoms with E-state index in [1.165, 1.54) is 12.1 Å². The minimum atomic E-state index is -3.62. The molecule has 6 heteroatoms. The van der Waals surface area contributed by atoms with Crippen molar-refractivity contribution in [3.8, 4) is 11.5 Å². The van der Waals surface area contributed by atoms with E-state index in [1.807, 2.05) is 13.8 Å². The molecule has 0 heterocycles. The summed E-state index contributed by atoms with van der Waals surface area (Å²) in [7, 11) is -3.62. The van der Waals surface area contributed by atoms with Crippen LogP contribution in [0.15, 0.2) is 53.4 Å². The Morgan fingerprint density at radius 1 is 0.870 bits per heavy atom. The Kier molecular flexibility index (Phi) is 5.87. The first-order valence-electron chi connectivity index (χ1n) is 7.53. The largest absolute Gasteiger partial charge is 0.494 e. The molecule has 1 N–H and O–H groups in total. The second-order valence-corrected chi connectivity index (χ2v) is 6.57. The molecule has 0 unspecified atom stereocenters. The van der Waals surface area contributed by atoms with Crippen molar-refractivity contribution in [1.29, 1.82) is 0 Å². The Bertz CT molecular complexity index is 709. The van der Waals surface area contributed by atoms with Crippen molar-refractivity contribution in [3.05, 3.63) is 48.5 Å². The van der Waals surface area contributed by atoms with Crippen LogP contribution in [-0.2, 0) is 10.0 Å². The van der Waals surface area contributed by atoms with Crippen LogP contribution in [0.3, 0.4) is 0 Å². The zero-order chi connectivity index (χ0) is 16.7. The standard InChI is InChI=1S/C17H21NO4S/c1-3-13-22-16-7-5-14(6-8-16)18-23(19,20)17-11-9-15(10-12-17)21-4-2/h5-12,18H,3-4,13H2,1-2H3. The van der Waals surface area contributed by atoms with E-state index in [0.29, 0.717) is 24.7 Å². The fraction of sp³-hybridized carbons (Fsp3) is 0.294. The zero-order valence-corrected chi connectivity index (χ0v) is 14.1. The molecule has 0 fully saturated rings. The highest BCUT2D eigenvalue weighted by Crippen LogP contribution is 2.21. The molecule has 0 saturated carbocycles. The van der Waals surface area contributed by atoms with Gasteiger partial charge in [-0.3, -0.25) is 4.72 Å². The summed E-state index contributed by atoms with van der Waals surface area (Å²) in [5.74, 6) is 1.36. The van der Waals surface area contributed by atoms with E-state index in [-0.39, 0.29) is 4.90 Å². The van der Waals surface area contributed by atoms with Crippen molar-refractivity contribution >= 4 is 15.7 Å². The van der Waals surface area contributed by atoms with Gasteiger partial charge in [-0.05, 0) is 61.9 Å². The molecule has 23 heavy (non-hydrogen) atoms. The lowest BCUT2D eigenvalue weighted by Gasteiger charge is -2.10. The summed E-state index contributed by atoms with van der Waals surface area (Å²) < 4.78 is 38.0. The summed E-state index contributed by atoms with van der Waals surface area (Å²) in [6.07, 6.45) is 0.923. The number of ether oxygens (including phenoxy) is 2. The van der Waals surface area contributed by atoms with Crippen molar-refractivity contribution in [2.75, 3.05) is 17.9 Å². The zero-order valence-electron chi connectivity index (χ0n) is 13.3. The van der Waals surface area contributed by atoms with E-state index in [0.717, 1.165) is 12.2 Å². The average molecular weight is 335 g/mol. The van der Waals surface area contributed by atoms with Gasteiger partial charge in [0, 0.05) is 5.69 Å². The van der Waals surface area contributed by atoms with Crippen LogP contribution < -0.4 is 14.2 Å². The molecule has 2 aromatic carbocycles. The van der Waals surface area contributed by atoms with Gasteiger partial charge < -0.3 is 9.47 Å². The number of rotatable bonds is 8. The number of benzene rings is 2. The van der Waals surface area contributed by atoms with Gasteiger partial charge in [-0.1, -0.05) is 6.92 Å². The third-order valence-corrected chi connectivity index (χ3v) is 4.42. The summed E-state index contributed by atoms with van der Waals surface area (Å²) in [4.78, 5) is 0.187. The highest BCUT2D eigenvalue weighted by molar-refractivity contribution is 7.92. The van der Waals surface area contributed by atoms with Crippen molar-refractivity contribution in [2.45, 2.75) is 25.2 Å². The Morgan fingerprint density at radius 2 is 1.43 bits per heavy atom. The van der Waals surface area contributed by atoms with Crippen molar-refractivity contribution in [1.82, 2.24) is 0 Å². The van der Waals surface area contributed by atoms with Gasteiger partial charge >= 0.3 is 0 Å². The molecule has 0 atom stereocenters. The molecule has 124 valence electrons. The molecule has 0 amide bonds. The fourth-order valence-corrected chi connectivity index (χ4v) is 2.99. The molecule has 0 saturated heterocycles. The van der Waals surface area contributed by atoms with E-state index < -0.39 is 10.0 Å². The van der Waals surface area contributed by atoms with Gasteiger partial charge in [0.2, 0.25) is 0 Å². The Labute approximate surface area is 137 Å². The van der Waals surface area contributed by atoms with Crippen LogP contribution in [-0.4, -0.2) is 21.6 Å². The van der Waals surface area contributed by atoms with Gasteiger partial charge in [0.1, 0.15) is 11.5 Å². The maximum atomic E-state index is 12.3. The first kappa shape index (κ1) is 17.1. The fourth-order valence-electron chi connectivity index (χ4n) is 1.93. The molecule has 0 aromatic heterocycles. The van der Waals surface area contributed by atoms with Crippen LogP contribution in [0.4, 0.5) is 5.69 Å². The molecular formula is C17H21NO4S. The third kappa shape index (κ3) is 4.89. The van der Waals surface area contributed by atoms with Crippen molar-refractivity contribution in [2.24, 2.45) is 0 Å². The van der Waals surface area contributed by atoms with Gasteiger partial charge in [-0.15, -0.1) is 0 Å². The van der Waals surface area contributed by atoms with E-state index in [1.54, 1.807) is 36.4 Å². The maximum Gasteiger partial charge on any atom is 0.261 e. The summed E-state index contributed by atoms with van der Waals surface area (Å²) in [6.45, 7) is 5.08. The Morgan fingerprint density at radius 3 is 2.00 bits per heavy atom. The van der Waals surface area contributed by atoms with Crippen LogP contribution in [0.25, 0.3) is 0 Å². The Balaban J connectivity index is 2.08. The number of anilines is 1. The van der Waals surface area contributed by atoms with Crippen LogP contribution in [0.1, 0.15) is 20.3 Å². The average Bonchev–Trinajstić information content (AvgIpc) is 2.55. The molecule has 0 bridgehead atoms. The number of nitrogens with one attached hydrogen (secondary N) is 1. The minimum Gasteiger partial charge on any atom is -0.494 e. The van der Waals surface area contributed by atoms with E-state index in [4.69, 9.17) is 9.47 Å². The summed E-state index contributed by atoms with van der Waals surface area (Å²) >= 11 is 0. The topological polar surface area (TPSA) is 64.6 Å². The Hall–Kier alpha value is -2.21. The van der Waals surface area contributed by atoms with Gasteiger partial charge in [0.15, 0.2) is 0 Å². The highest BCUT2D eigenvalue weighted by atomic mass is 32.2. The van der Waals surface area contributed by atoms with Gasteiger partial charge in [0.05, 0.1) is 18.1 Å². The molecule has 5 nitrogen and oxygen atoms in total. The second-order valence-electron chi connectivity index (χ2n) is 4.88. The molecule has 2 rings (SSSR count). The predicted octanol–water partition coefficient (Wildman–Crippen LogP) is 3.67. The van der Waals surface area contributed by atoms with Gasteiger partial charge in [-0.25, -0.2) is 8.42 Å². The lowest BCUT2D eigenvalue weighted by molar-refractivity contribution is 0.317. The lowest BCUT2D eigenvalue weighted by atomic mass is 10.3. The van der Waals surface area contributed by atoms with Crippen molar-refractivity contribution in [3.63, 3.8) is 0 Å². The van der Waals surface area contributed by atoms with E-state index >= 15 is 0 Å². The quantitative estimate of drug-likeness (QED) is 0.799. The number of hydrogen-bond donors (Lipinski definition) is 1. The van der Waals surface area contributed by atoms with E-state index in [2.05, 4.69) is 4.72 Å². The molecule has 0 spiro atoms. The molecule has 0 aliphatic carbocycles. The normalized spacial score (nSPS) is 11.0. The van der Waals surface area contributed by atoms with Crippen LogP contribution in [0, 0.1) is 0 Å². The number of hydrogen-bond acceptors (Lipinski definition) is 4. The summed E-state index contributed by atoms with van der Waals surface area (Å²) in [5.41, 5.74) is 0.489. The van der Waals surface area contributed by atoms with Crippen molar-refractivity contribution < 1.29 is 17.9 Å². The summed E-state index contributed by atoms with van der Waals surface area (Å²) in [5, 5.41) is 0. The smallest absolute Gasteiger partial charge is 0.261 e. The SMILES string of the molecule is CCCOc1ccc(NS(=O)(=O)c2ccc(OCC)cc2)cc1. The summed E-state index contributed by atoms with van der Waals surface area (Å²) in [6, 6.07) is 13.2. The van der Waals surface area contributed by atoms with E-state index in [9.17, 15) is 8.42 Å². The molecule has 0 radical (unpaired) electrons. The first-order valence-corrected chi connectivity index (χ1v) is 9.02. The molecular weight excluding hydrogens is 314 g/mol. The second kappa shape index (κ2) is 7.87. The lowest BCUT2D eigenvalue weighted by Crippen LogP contribution is -2.12. The van der Waals surface area contributed by atoms with Crippen LogP contribution in [0.2, 0.25) is 0 Å². The minimum absolute atomic E-state index is 0.187. The molecule has 0 aliphatic heterocycles. The van der Waals surface area contributed by atoms with Crippen LogP contribution >= 0.6 is 0 Å². The first-order chi connectivity index (χ1) is 11.0.